The molecule has 3 rings (SSSR count). The molecule has 1 saturated heterocycles. The number of rotatable bonds is 9. The van der Waals surface area contributed by atoms with Crippen LogP contribution in [0.15, 0.2) is 41.3 Å². The summed E-state index contributed by atoms with van der Waals surface area (Å²) in [5.74, 6) is -0.190. The molecule has 0 amide bonds. The van der Waals surface area contributed by atoms with Crippen molar-refractivity contribution in [3.8, 4) is 5.75 Å². The highest BCUT2D eigenvalue weighted by molar-refractivity contribution is 7.92. The van der Waals surface area contributed by atoms with Gasteiger partial charge in [-0.1, -0.05) is 12.1 Å². The first-order valence-corrected chi connectivity index (χ1v) is 11.2. The van der Waals surface area contributed by atoms with Crippen LogP contribution >= 0.6 is 0 Å². The fourth-order valence-electron chi connectivity index (χ4n) is 3.28. The fraction of sp³-hybridized carbons (Fsp3) is 0.400. The largest absolute Gasteiger partial charge is 0.435 e. The van der Waals surface area contributed by atoms with Gasteiger partial charge < -0.3 is 19.7 Å². The van der Waals surface area contributed by atoms with Gasteiger partial charge in [-0.05, 0) is 30.7 Å². The van der Waals surface area contributed by atoms with Crippen molar-refractivity contribution in [2.45, 2.75) is 31.6 Å². The molecule has 0 radical (unpaired) electrons. The minimum absolute atomic E-state index is 0.0805. The average molecular weight is 477 g/mol. The first kappa shape index (κ1) is 24.1. The number of halogens is 4. The molecular weight excluding hydrogens is 454 g/mol. The number of benzene rings is 2. The smallest absolute Gasteiger partial charge is 0.387 e. The molecule has 1 aliphatic rings. The first-order chi connectivity index (χ1) is 15.2. The number of nitrogens with zero attached hydrogens (tertiary/aromatic N) is 1. The Hall–Kier alpha value is -2.57. The normalized spacial score (nSPS) is 14.8. The van der Waals surface area contributed by atoms with E-state index in [1.807, 2.05) is 4.90 Å². The van der Waals surface area contributed by atoms with Crippen LogP contribution < -0.4 is 19.7 Å². The minimum Gasteiger partial charge on any atom is -0.435 e. The maximum atomic E-state index is 13.0. The van der Waals surface area contributed by atoms with Crippen molar-refractivity contribution >= 4 is 21.4 Å². The Labute approximate surface area is 183 Å². The summed E-state index contributed by atoms with van der Waals surface area (Å²) in [5, 5.41) is 3.17. The molecule has 32 heavy (non-hydrogen) atoms. The lowest BCUT2D eigenvalue weighted by atomic mass is 10.1. The second-order valence-corrected chi connectivity index (χ2v) is 8.74. The zero-order valence-corrected chi connectivity index (χ0v) is 18.0. The van der Waals surface area contributed by atoms with Gasteiger partial charge in [-0.2, -0.15) is 17.6 Å². The van der Waals surface area contributed by atoms with E-state index >= 15 is 0 Å². The van der Waals surface area contributed by atoms with Crippen LogP contribution in [0.1, 0.15) is 11.1 Å². The summed E-state index contributed by atoms with van der Waals surface area (Å²) in [6, 6.07) is 8.03. The van der Waals surface area contributed by atoms with Gasteiger partial charge in [0.1, 0.15) is 5.75 Å². The zero-order valence-electron chi connectivity index (χ0n) is 17.2. The van der Waals surface area contributed by atoms with Gasteiger partial charge in [0.25, 0.3) is 10.0 Å². The van der Waals surface area contributed by atoms with E-state index in [0.717, 1.165) is 0 Å². The number of hydrogen-bond acceptors (Lipinski definition) is 6. The lowest BCUT2D eigenvalue weighted by molar-refractivity contribution is -0.137. The molecule has 12 heteroatoms. The quantitative estimate of drug-likeness (QED) is 0.538. The summed E-state index contributed by atoms with van der Waals surface area (Å²) in [6.45, 7) is -2.35. The van der Waals surface area contributed by atoms with Gasteiger partial charge in [0, 0.05) is 43.5 Å². The van der Waals surface area contributed by atoms with Gasteiger partial charge >= 0.3 is 13.2 Å². The van der Waals surface area contributed by atoms with Crippen molar-refractivity contribution in [2.24, 2.45) is 0 Å². The predicted molar refractivity (Wildman–Crippen MR) is 111 cm³/mol. The van der Waals surface area contributed by atoms with Crippen molar-refractivity contribution in [1.82, 2.24) is 5.32 Å². The monoisotopic (exact) mass is 477 g/mol. The van der Waals surface area contributed by atoms with E-state index in [9.17, 15) is 26.0 Å². The highest BCUT2D eigenvalue weighted by Crippen LogP contribution is 2.29. The van der Waals surface area contributed by atoms with Crippen LogP contribution in [0.3, 0.4) is 0 Å². The van der Waals surface area contributed by atoms with Gasteiger partial charge in [-0.3, -0.25) is 4.72 Å². The van der Waals surface area contributed by atoms with Crippen LogP contribution in [-0.4, -0.2) is 47.8 Å². The number of aryl methyl sites for hydroxylation is 1. The van der Waals surface area contributed by atoms with Crippen LogP contribution in [0.5, 0.6) is 5.75 Å². The highest BCUT2D eigenvalue weighted by atomic mass is 32.2. The molecule has 0 atom stereocenters. The van der Waals surface area contributed by atoms with Crippen molar-refractivity contribution in [2.75, 3.05) is 35.8 Å². The average Bonchev–Trinajstić information content (AvgIpc) is 2.74. The van der Waals surface area contributed by atoms with Crippen molar-refractivity contribution in [3.05, 3.63) is 47.5 Å². The van der Waals surface area contributed by atoms with Crippen LogP contribution in [0.4, 0.5) is 28.9 Å². The molecule has 1 fully saturated rings. The molecule has 2 aromatic carbocycles. The Kier molecular flexibility index (Phi) is 7.80. The topological polar surface area (TPSA) is 79.9 Å². The number of piperazine rings is 1. The van der Waals surface area contributed by atoms with E-state index in [1.54, 1.807) is 6.92 Å². The van der Waals surface area contributed by atoms with Gasteiger partial charge in [0.2, 0.25) is 0 Å². The SMILES string of the molecule is Cc1ccc(OC(F)F)cc1NS(=O)(=O)c1ccc(COC(F)F)c(N2CCNCC2)c1. The standard InChI is InChI=1S/C20H23F4N3O4S/c1-13-2-4-15(31-20(23)24)10-17(13)26-32(28,29)16-5-3-14(12-30-19(21)22)18(11-16)27-8-6-25-7-9-27/h2-5,10-11,19-20,25-26H,6-9,12H2,1H3. The lowest BCUT2D eigenvalue weighted by Gasteiger charge is -2.31. The summed E-state index contributed by atoms with van der Waals surface area (Å²) in [6.07, 6.45) is 0. The van der Waals surface area contributed by atoms with Gasteiger partial charge in [-0.25, -0.2) is 8.42 Å². The number of anilines is 2. The second kappa shape index (κ2) is 10.4. The van der Waals surface area contributed by atoms with Gasteiger partial charge in [0.05, 0.1) is 17.2 Å². The number of hydrogen-bond donors (Lipinski definition) is 2. The van der Waals surface area contributed by atoms with E-state index in [4.69, 9.17) is 0 Å². The number of ether oxygens (including phenoxy) is 2. The molecule has 0 aliphatic carbocycles. The minimum atomic E-state index is -4.11. The van der Waals surface area contributed by atoms with Crippen LogP contribution in [0.25, 0.3) is 0 Å². The molecule has 1 aliphatic heterocycles. The number of nitrogens with one attached hydrogen (secondary N) is 2. The Morgan fingerprint density at radius 1 is 1.06 bits per heavy atom. The van der Waals surface area contributed by atoms with E-state index in [1.165, 1.54) is 36.4 Å². The molecule has 0 aromatic heterocycles. The highest BCUT2D eigenvalue weighted by Gasteiger charge is 2.22. The summed E-state index contributed by atoms with van der Waals surface area (Å²) < 4.78 is 87.3. The van der Waals surface area contributed by atoms with Crippen LogP contribution in [-0.2, 0) is 21.4 Å². The lowest BCUT2D eigenvalue weighted by Crippen LogP contribution is -2.44. The zero-order chi connectivity index (χ0) is 23.3. The summed E-state index contributed by atoms with van der Waals surface area (Å²) >= 11 is 0. The van der Waals surface area contributed by atoms with E-state index in [2.05, 4.69) is 19.5 Å². The second-order valence-electron chi connectivity index (χ2n) is 7.06. The summed E-state index contributed by atoms with van der Waals surface area (Å²) in [5.41, 5.74) is 1.48. The third-order valence-corrected chi connectivity index (χ3v) is 6.23. The van der Waals surface area contributed by atoms with Crippen LogP contribution in [0.2, 0.25) is 0 Å². The van der Waals surface area contributed by atoms with Crippen molar-refractivity contribution in [1.29, 1.82) is 0 Å². The van der Waals surface area contributed by atoms with Crippen molar-refractivity contribution < 1.29 is 35.5 Å². The molecule has 0 unspecified atom stereocenters. The van der Waals surface area contributed by atoms with E-state index in [-0.39, 0.29) is 22.9 Å². The van der Waals surface area contributed by atoms with Crippen molar-refractivity contribution in [3.63, 3.8) is 0 Å². The molecule has 1 heterocycles. The first-order valence-electron chi connectivity index (χ1n) is 9.72. The maximum absolute atomic E-state index is 13.0. The van der Waals surface area contributed by atoms with Gasteiger partial charge in [-0.15, -0.1) is 0 Å². The molecule has 176 valence electrons. The Morgan fingerprint density at radius 2 is 1.78 bits per heavy atom. The summed E-state index contributed by atoms with van der Waals surface area (Å²) in [7, 11) is -4.11. The van der Waals surface area contributed by atoms with E-state index < -0.39 is 23.2 Å². The molecule has 0 spiro atoms. The van der Waals surface area contributed by atoms with Crippen LogP contribution in [0, 0.1) is 6.92 Å². The Balaban J connectivity index is 1.92. The third-order valence-electron chi connectivity index (χ3n) is 4.87. The number of sulfonamides is 1. The fourth-order valence-corrected chi connectivity index (χ4v) is 4.42. The predicted octanol–water partition coefficient (Wildman–Crippen LogP) is 3.55. The molecule has 0 saturated carbocycles. The summed E-state index contributed by atoms with van der Waals surface area (Å²) in [4.78, 5) is 1.79. The van der Waals surface area contributed by atoms with E-state index in [0.29, 0.717) is 43.0 Å². The maximum Gasteiger partial charge on any atom is 0.387 e. The number of alkyl halides is 4. The van der Waals surface area contributed by atoms with Gasteiger partial charge in [0.15, 0.2) is 0 Å². The molecule has 0 bridgehead atoms. The Morgan fingerprint density at radius 3 is 2.44 bits per heavy atom. The third kappa shape index (κ3) is 6.24. The molecular formula is C20H23F4N3O4S. The molecule has 7 nitrogen and oxygen atoms in total. The molecule has 2 N–H and O–H groups in total. The Bertz CT molecular complexity index is 1030. The molecule has 2 aromatic rings.